The SMILES string of the molecule is CCN(CC)C(=O)[C@@H]1OCC(=O)N(C)[C@H]1c1cccc(F)c1. The first-order valence-corrected chi connectivity index (χ1v) is 7.41. The Morgan fingerprint density at radius 3 is 2.68 bits per heavy atom. The van der Waals surface area contributed by atoms with Crippen LogP contribution in [0.25, 0.3) is 0 Å². The van der Waals surface area contributed by atoms with E-state index in [-0.39, 0.29) is 18.4 Å². The lowest BCUT2D eigenvalue weighted by Gasteiger charge is -2.40. The van der Waals surface area contributed by atoms with Gasteiger partial charge < -0.3 is 14.5 Å². The van der Waals surface area contributed by atoms with Gasteiger partial charge in [-0.2, -0.15) is 0 Å². The molecule has 22 heavy (non-hydrogen) atoms. The average Bonchev–Trinajstić information content (AvgIpc) is 2.50. The lowest BCUT2D eigenvalue weighted by Crippen LogP contribution is -2.53. The molecule has 0 saturated carbocycles. The van der Waals surface area contributed by atoms with E-state index in [2.05, 4.69) is 0 Å². The lowest BCUT2D eigenvalue weighted by atomic mass is 9.97. The molecule has 1 heterocycles. The zero-order chi connectivity index (χ0) is 16.3. The van der Waals surface area contributed by atoms with Crippen LogP contribution < -0.4 is 0 Å². The minimum atomic E-state index is -0.815. The van der Waals surface area contributed by atoms with Crippen LogP contribution in [0.2, 0.25) is 0 Å². The Labute approximate surface area is 129 Å². The third-order valence-electron chi connectivity index (χ3n) is 3.99. The van der Waals surface area contributed by atoms with Crippen molar-refractivity contribution in [2.45, 2.75) is 26.0 Å². The standard InChI is InChI=1S/C16H21FN2O3/c1-4-19(5-2)16(21)15-14(18(3)13(20)10-22-15)11-7-6-8-12(17)9-11/h6-9,14-15H,4-5,10H2,1-3H3/t14-,15+/m0/s1. The van der Waals surface area contributed by atoms with Crippen molar-refractivity contribution in [1.82, 2.24) is 9.80 Å². The molecule has 0 spiro atoms. The minimum Gasteiger partial charge on any atom is -0.356 e. The highest BCUT2D eigenvalue weighted by Crippen LogP contribution is 2.30. The van der Waals surface area contributed by atoms with Crippen molar-refractivity contribution >= 4 is 11.8 Å². The van der Waals surface area contributed by atoms with Crippen LogP contribution in [0.15, 0.2) is 24.3 Å². The van der Waals surface area contributed by atoms with E-state index in [9.17, 15) is 14.0 Å². The highest BCUT2D eigenvalue weighted by Gasteiger charge is 2.41. The molecule has 6 heteroatoms. The molecule has 0 unspecified atom stereocenters. The Balaban J connectivity index is 2.38. The molecule has 2 atom stereocenters. The predicted octanol–water partition coefficient (Wildman–Crippen LogP) is 1.59. The summed E-state index contributed by atoms with van der Waals surface area (Å²) >= 11 is 0. The van der Waals surface area contributed by atoms with Gasteiger partial charge in [0.25, 0.3) is 5.91 Å². The molecule has 5 nitrogen and oxygen atoms in total. The van der Waals surface area contributed by atoms with E-state index in [1.54, 1.807) is 24.1 Å². The summed E-state index contributed by atoms with van der Waals surface area (Å²) in [5.74, 6) is -0.811. The molecule has 1 fully saturated rings. The van der Waals surface area contributed by atoms with Crippen molar-refractivity contribution in [2.24, 2.45) is 0 Å². The Kier molecular flexibility index (Phi) is 5.13. The van der Waals surface area contributed by atoms with Crippen LogP contribution in [0.4, 0.5) is 4.39 Å². The fraction of sp³-hybridized carbons (Fsp3) is 0.500. The first-order chi connectivity index (χ1) is 10.5. The average molecular weight is 308 g/mol. The van der Waals surface area contributed by atoms with E-state index in [4.69, 9.17) is 4.74 Å². The van der Waals surface area contributed by atoms with Crippen LogP contribution in [-0.4, -0.2) is 54.5 Å². The second-order valence-electron chi connectivity index (χ2n) is 5.25. The van der Waals surface area contributed by atoms with Crippen molar-refractivity contribution in [3.8, 4) is 0 Å². The van der Waals surface area contributed by atoms with Gasteiger partial charge in [0.05, 0.1) is 6.04 Å². The van der Waals surface area contributed by atoms with E-state index < -0.39 is 18.0 Å². The van der Waals surface area contributed by atoms with Crippen LogP contribution in [0.3, 0.4) is 0 Å². The van der Waals surface area contributed by atoms with E-state index >= 15 is 0 Å². The predicted molar refractivity (Wildman–Crippen MR) is 79.6 cm³/mol. The number of halogens is 1. The first kappa shape index (κ1) is 16.4. The highest BCUT2D eigenvalue weighted by atomic mass is 19.1. The van der Waals surface area contributed by atoms with Gasteiger partial charge in [-0.15, -0.1) is 0 Å². The molecular weight excluding hydrogens is 287 g/mol. The minimum absolute atomic E-state index is 0.139. The Morgan fingerprint density at radius 1 is 1.41 bits per heavy atom. The van der Waals surface area contributed by atoms with Crippen LogP contribution in [0, 0.1) is 5.82 Å². The Hall–Kier alpha value is -1.95. The number of morpholine rings is 1. The monoisotopic (exact) mass is 308 g/mol. The molecule has 1 aromatic carbocycles. The number of nitrogens with zero attached hydrogens (tertiary/aromatic N) is 2. The third kappa shape index (κ3) is 3.11. The summed E-state index contributed by atoms with van der Waals surface area (Å²) in [6.07, 6.45) is -0.815. The lowest BCUT2D eigenvalue weighted by molar-refractivity contribution is -0.167. The number of amides is 2. The summed E-state index contributed by atoms with van der Waals surface area (Å²) in [5.41, 5.74) is 0.557. The summed E-state index contributed by atoms with van der Waals surface area (Å²) in [4.78, 5) is 27.7. The number of carbonyl (C=O) groups excluding carboxylic acids is 2. The van der Waals surface area contributed by atoms with Crippen molar-refractivity contribution in [3.63, 3.8) is 0 Å². The summed E-state index contributed by atoms with van der Waals surface area (Å²) < 4.78 is 19.0. The normalized spacial score (nSPS) is 21.8. The number of hydrogen-bond acceptors (Lipinski definition) is 3. The first-order valence-electron chi connectivity index (χ1n) is 7.41. The number of carbonyl (C=O) groups is 2. The van der Waals surface area contributed by atoms with E-state index in [1.165, 1.54) is 17.0 Å². The van der Waals surface area contributed by atoms with Gasteiger partial charge in [-0.1, -0.05) is 12.1 Å². The molecule has 0 aromatic heterocycles. The maximum atomic E-state index is 13.5. The third-order valence-corrected chi connectivity index (χ3v) is 3.99. The molecule has 1 aliphatic rings. The fourth-order valence-corrected chi connectivity index (χ4v) is 2.72. The van der Waals surface area contributed by atoms with Crippen molar-refractivity contribution in [3.05, 3.63) is 35.6 Å². The zero-order valence-electron chi connectivity index (χ0n) is 13.1. The number of rotatable bonds is 4. The second-order valence-corrected chi connectivity index (χ2v) is 5.25. The van der Waals surface area contributed by atoms with E-state index in [0.29, 0.717) is 18.7 Å². The Morgan fingerprint density at radius 2 is 2.09 bits per heavy atom. The quantitative estimate of drug-likeness (QED) is 0.849. The van der Waals surface area contributed by atoms with Crippen LogP contribution >= 0.6 is 0 Å². The number of likely N-dealkylation sites (N-methyl/N-ethyl adjacent to an activating group) is 2. The molecular formula is C16H21FN2O3. The molecule has 1 aliphatic heterocycles. The van der Waals surface area contributed by atoms with Gasteiger partial charge in [-0.3, -0.25) is 9.59 Å². The highest BCUT2D eigenvalue weighted by molar-refractivity contribution is 5.86. The molecule has 2 rings (SSSR count). The molecule has 1 saturated heterocycles. The number of benzene rings is 1. The molecule has 0 radical (unpaired) electrons. The van der Waals surface area contributed by atoms with Gasteiger partial charge in [0.1, 0.15) is 12.4 Å². The smallest absolute Gasteiger partial charge is 0.254 e. The molecule has 0 aliphatic carbocycles. The van der Waals surface area contributed by atoms with Gasteiger partial charge in [0.2, 0.25) is 5.91 Å². The van der Waals surface area contributed by atoms with Gasteiger partial charge in [0, 0.05) is 20.1 Å². The van der Waals surface area contributed by atoms with Crippen molar-refractivity contribution in [1.29, 1.82) is 0 Å². The maximum absolute atomic E-state index is 13.5. The largest absolute Gasteiger partial charge is 0.356 e. The molecule has 0 bridgehead atoms. The number of ether oxygens (including phenoxy) is 1. The topological polar surface area (TPSA) is 49.9 Å². The van der Waals surface area contributed by atoms with Crippen LogP contribution in [0.5, 0.6) is 0 Å². The van der Waals surface area contributed by atoms with E-state index in [0.717, 1.165) is 0 Å². The van der Waals surface area contributed by atoms with Crippen LogP contribution in [0.1, 0.15) is 25.5 Å². The van der Waals surface area contributed by atoms with Gasteiger partial charge in [-0.25, -0.2) is 4.39 Å². The van der Waals surface area contributed by atoms with Gasteiger partial charge in [-0.05, 0) is 31.5 Å². The molecule has 120 valence electrons. The summed E-state index contributed by atoms with van der Waals surface area (Å²) in [6, 6.07) is 5.32. The maximum Gasteiger partial charge on any atom is 0.254 e. The molecule has 1 aromatic rings. The molecule has 2 amide bonds. The summed E-state index contributed by atoms with van der Waals surface area (Å²) in [6.45, 7) is 4.75. The fourth-order valence-electron chi connectivity index (χ4n) is 2.72. The van der Waals surface area contributed by atoms with Crippen molar-refractivity contribution in [2.75, 3.05) is 26.7 Å². The van der Waals surface area contributed by atoms with E-state index in [1.807, 2.05) is 13.8 Å². The number of hydrogen-bond donors (Lipinski definition) is 0. The summed E-state index contributed by atoms with van der Waals surface area (Å²) in [5, 5.41) is 0. The summed E-state index contributed by atoms with van der Waals surface area (Å²) in [7, 11) is 1.61. The van der Waals surface area contributed by atoms with Gasteiger partial charge in [0.15, 0.2) is 6.10 Å². The zero-order valence-corrected chi connectivity index (χ0v) is 13.1. The van der Waals surface area contributed by atoms with Crippen LogP contribution in [-0.2, 0) is 14.3 Å². The molecule has 0 N–H and O–H groups in total. The van der Waals surface area contributed by atoms with Gasteiger partial charge >= 0.3 is 0 Å². The Bertz CT molecular complexity index is 560. The van der Waals surface area contributed by atoms with Crippen molar-refractivity contribution < 1.29 is 18.7 Å². The second kappa shape index (κ2) is 6.87.